The number of hydrogen-bond donors (Lipinski definition) is 3. The summed E-state index contributed by atoms with van der Waals surface area (Å²) >= 11 is 0. The van der Waals surface area contributed by atoms with Crippen LogP contribution >= 0.6 is 0 Å². The van der Waals surface area contributed by atoms with Crippen LogP contribution in [0.1, 0.15) is 19.3 Å². The van der Waals surface area contributed by atoms with Gasteiger partial charge < -0.3 is 20.3 Å². The second-order valence-electron chi connectivity index (χ2n) is 5.73. The molecular weight excluding hydrogens is 266 g/mol. The van der Waals surface area contributed by atoms with Crippen LogP contribution in [0.25, 0.3) is 11.0 Å². The molecule has 2 aromatic heterocycles. The Bertz CT molecular complexity index is 570. The quantitative estimate of drug-likeness (QED) is 0.702. The minimum Gasteiger partial charge on any atom is -0.396 e. The van der Waals surface area contributed by atoms with Crippen molar-refractivity contribution in [2.45, 2.75) is 19.3 Å². The standard InChI is InChI=1S/C15H23N5O/c21-10-12-3-1-7-20(9-12)8-2-5-16-14-13-4-6-17-15(13)19-11-18-14/h4,6,11-12,21H,1-3,5,7-10H2,(H2,16,17,18,19)/t12-/m1/s1. The van der Waals surface area contributed by atoms with Crippen LogP contribution in [0.15, 0.2) is 18.6 Å². The van der Waals surface area contributed by atoms with Crippen molar-refractivity contribution in [1.29, 1.82) is 0 Å². The van der Waals surface area contributed by atoms with E-state index in [1.807, 2.05) is 12.3 Å². The van der Waals surface area contributed by atoms with Gasteiger partial charge in [-0.1, -0.05) is 0 Å². The van der Waals surface area contributed by atoms with E-state index in [1.165, 1.54) is 6.42 Å². The van der Waals surface area contributed by atoms with Gasteiger partial charge >= 0.3 is 0 Å². The van der Waals surface area contributed by atoms with Crippen LogP contribution in [0.2, 0.25) is 0 Å². The highest BCUT2D eigenvalue weighted by atomic mass is 16.3. The molecule has 0 aromatic carbocycles. The molecule has 1 saturated heterocycles. The highest BCUT2D eigenvalue weighted by Crippen LogP contribution is 2.18. The maximum absolute atomic E-state index is 9.25. The Morgan fingerprint density at radius 3 is 3.29 bits per heavy atom. The first-order valence-electron chi connectivity index (χ1n) is 7.72. The summed E-state index contributed by atoms with van der Waals surface area (Å²) in [7, 11) is 0. The molecule has 0 saturated carbocycles. The van der Waals surface area contributed by atoms with Crippen molar-refractivity contribution in [2.24, 2.45) is 5.92 Å². The van der Waals surface area contributed by atoms with Gasteiger partial charge in [0.2, 0.25) is 0 Å². The molecule has 0 bridgehead atoms. The molecule has 0 unspecified atom stereocenters. The van der Waals surface area contributed by atoms with Crippen molar-refractivity contribution in [1.82, 2.24) is 19.9 Å². The van der Waals surface area contributed by atoms with Crippen molar-refractivity contribution in [3.8, 4) is 0 Å². The van der Waals surface area contributed by atoms with Crippen LogP contribution in [0.3, 0.4) is 0 Å². The predicted octanol–water partition coefficient (Wildman–Crippen LogP) is 1.46. The maximum Gasteiger partial charge on any atom is 0.142 e. The zero-order chi connectivity index (χ0) is 14.5. The zero-order valence-electron chi connectivity index (χ0n) is 12.3. The molecule has 0 aliphatic carbocycles. The monoisotopic (exact) mass is 289 g/mol. The first-order chi connectivity index (χ1) is 10.4. The van der Waals surface area contributed by atoms with Gasteiger partial charge in [0.15, 0.2) is 0 Å². The molecule has 0 spiro atoms. The highest BCUT2D eigenvalue weighted by molar-refractivity contribution is 5.86. The smallest absolute Gasteiger partial charge is 0.142 e. The summed E-state index contributed by atoms with van der Waals surface area (Å²) in [5.74, 6) is 1.36. The molecular formula is C15H23N5O. The van der Waals surface area contributed by atoms with E-state index >= 15 is 0 Å². The van der Waals surface area contributed by atoms with Gasteiger partial charge in [-0.15, -0.1) is 0 Å². The predicted molar refractivity (Wildman–Crippen MR) is 83.2 cm³/mol. The second-order valence-corrected chi connectivity index (χ2v) is 5.73. The molecule has 1 fully saturated rings. The number of rotatable bonds is 6. The molecule has 21 heavy (non-hydrogen) atoms. The number of anilines is 1. The number of aromatic nitrogens is 3. The van der Waals surface area contributed by atoms with Crippen molar-refractivity contribution >= 4 is 16.9 Å². The van der Waals surface area contributed by atoms with Gasteiger partial charge in [-0.3, -0.25) is 0 Å². The maximum atomic E-state index is 9.25. The lowest BCUT2D eigenvalue weighted by molar-refractivity contribution is 0.120. The Balaban J connectivity index is 1.45. The van der Waals surface area contributed by atoms with Gasteiger partial charge in [0.05, 0.1) is 5.39 Å². The van der Waals surface area contributed by atoms with Gasteiger partial charge in [-0.2, -0.15) is 0 Å². The molecule has 6 heteroatoms. The van der Waals surface area contributed by atoms with Gasteiger partial charge in [-0.25, -0.2) is 9.97 Å². The molecule has 2 aromatic rings. The average molecular weight is 289 g/mol. The van der Waals surface area contributed by atoms with Crippen LogP contribution in [-0.4, -0.2) is 57.7 Å². The summed E-state index contributed by atoms with van der Waals surface area (Å²) in [4.78, 5) is 14.0. The number of piperidine rings is 1. The number of aliphatic hydroxyl groups excluding tert-OH is 1. The molecule has 1 aliphatic heterocycles. The number of fused-ring (bicyclic) bond motifs is 1. The lowest BCUT2D eigenvalue weighted by Gasteiger charge is -2.31. The lowest BCUT2D eigenvalue weighted by Crippen LogP contribution is -2.37. The number of aromatic amines is 1. The van der Waals surface area contributed by atoms with Crippen LogP contribution in [0, 0.1) is 5.92 Å². The number of likely N-dealkylation sites (tertiary alicyclic amines) is 1. The van der Waals surface area contributed by atoms with Gasteiger partial charge in [0, 0.05) is 25.9 Å². The van der Waals surface area contributed by atoms with Crippen LogP contribution in [0.5, 0.6) is 0 Å². The molecule has 6 nitrogen and oxygen atoms in total. The van der Waals surface area contributed by atoms with Crippen molar-refractivity contribution in [2.75, 3.05) is 38.1 Å². The summed E-state index contributed by atoms with van der Waals surface area (Å²) < 4.78 is 0. The average Bonchev–Trinajstić information content (AvgIpc) is 3.01. The minimum absolute atomic E-state index is 0.321. The molecule has 3 N–H and O–H groups in total. The fraction of sp³-hybridized carbons (Fsp3) is 0.600. The van der Waals surface area contributed by atoms with Gasteiger partial charge in [0.25, 0.3) is 0 Å². The summed E-state index contributed by atoms with van der Waals surface area (Å²) in [5.41, 5.74) is 0.870. The van der Waals surface area contributed by atoms with Gasteiger partial charge in [0.1, 0.15) is 17.8 Å². The number of aliphatic hydroxyl groups is 1. The third kappa shape index (κ3) is 3.51. The Morgan fingerprint density at radius 2 is 2.38 bits per heavy atom. The van der Waals surface area contributed by atoms with Crippen molar-refractivity contribution in [3.63, 3.8) is 0 Å². The van der Waals surface area contributed by atoms with E-state index in [1.54, 1.807) is 6.33 Å². The summed E-state index contributed by atoms with van der Waals surface area (Å²) in [6.07, 6.45) is 6.91. The van der Waals surface area contributed by atoms with Crippen molar-refractivity contribution < 1.29 is 5.11 Å². The minimum atomic E-state index is 0.321. The molecule has 0 radical (unpaired) electrons. The Labute approximate surface area is 124 Å². The first-order valence-corrected chi connectivity index (χ1v) is 7.72. The van der Waals surface area contributed by atoms with Gasteiger partial charge in [-0.05, 0) is 44.3 Å². The third-order valence-electron chi connectivity index (χ3n) is 4.16. The van der Waals surface area contributed by atoms with E-state index < -0.39 is 0 Å². The molecule has 3 rings (SSSR count). The molecule has 0 amide bonds. The normalized spacial score (nSPS) is 20.0. The number of H-pyrrole nitrogens is 1. The summed E-state index contributed by atoms with van der Waals surface area (Å²) in [6, 6.07) is 1.99. The van der Waals surface area contributed by atoms with Crippen LogP contribution in [-0.2, 0) is 0 Å². The van der Waals surface area contributed by atoms with E-state index in [4.69, 9.17) is 0 Å². The van der Waals surface area contributed by atoms with Crippen molar-refractivity contribution in [3.05, 3.63) is 18.6 Å². The van der Waals surface area contributed by atoms with Crippen LogP contribution in [0.4, 0.5) is 5.82 Å². The second kappa shape index (κ2) is 6.87. The van der Waals surface area contributed by atoms with E-state index in [2.05, 4.69) is 25.2 Å². The van der Waals surface area contributed by atoms with E-state index in [-0.39, 0.29) is 0 Å². The number of nitrogens with one attached hydrogen (secondary N) is 2. The highest BCUT2D eigenvalue weighted by Gasteiger charge is 2.18. The van der Waals surface area contributed by atoms with E-state index in [9.17, 15) is 5.11 Å². The molecule has 114 valence electrons. The molecule has 1 aliphatic rings. The number of hydrogen-bond acceptors (Lipinski definition) is 5. The molecule has 3 heterocycles. The first kappa shape index (κ1) is 14.3. The fourth-order valence-corrected chi connectivity index (χ4v) is 3.03. The van der Waals surface area contributed by atoms with E-state index in [0.717, 1.165) is 55.9 Å². The SMILES string of the molecule is OC[C@@H]1CCCN(CCCNc2ncnc3[nH]ccc23)C1. The zero-order valence-corrected chi connectivity index (χ0v) is 12.3. The summed E-state index contributed by atoms with van der Waals surface area (Å²) in [6.45, 7) is 4.49. The lowest BCUT2D eigenvalue weighted by atomic mass is 9.99. The topological polar surface area (TPSA) is 77.1 Å². The molecule has 1 atom stereocenters. The Morgan fingerprint density at radius 1 is 1.43 bits per heavy atom. The Hall–Kier alpha value is -1.66. The third-order valence-corrected chi connectivity index (χ3v) is 4.16. The Kier molecular flexibility index (Phi) is 4.67. The van der Waals surface area contributed by atoms with E-state index in [0.29, 0.717) is 12.5 Å². The number of nitrogens with zero attached hydrogens (tertiary/aromatic N) is 3. The summed E-state index contributed by atoms with van der Waals surface area (Å²) in [5, 5.41) is 13.7. The van der Waals surface area contributed by atoms with Crippen LogP contribution < -0.4 is 5.32 Å². The fourth-order valence-electron chi connectivity index (χ4n) is 3.03. The largest absolute Gasteiger partial charge is 0.396 e.